The second-order valence-electron chi connectivity index (χ2n) is 4.53. The van der Waals surface area contributed by atoms with Gasteiger partial charge in [0.05, 0.1) is 6.61 Å². The van der Waals surface area contributed by atoms with E-state index in [1.165, 1.54) is 18.4 Å². The molecule has 3 heteroatoms. The van der Waals surface area contributed by atoms with E-state index in [0.29, 0.717) is 5.92 Å². The standard InChI is InChI=1S/C15H24BrNO/c1-4-12(5-2)11-18-14-7-8-15(16)13(9-14)10-17-6-3/h7-9,12,17H,4-6,10-11H2,1-3H3. The number of rotatable bonds is 8. The van der Waals surface area contributed by atoms with Crippen LogP contribution in [0.4, 0.5) is 0 Å². The lowest BCUT2D eigenvalue weighted by atomic mass is 10.1. The van der Waals surface area contributed by atoms with E-state index in [4.69, 9.17) is 4.74 Å². The predicted octanol–water partition coefficient (Wildman–Crippen LogP) is 4.37. The molecule has 0 aliphatic rings. The molecular formula is C15H24BrNO. The third-order valence-electron chi connectivity index (χ3n) is 3.22. The second-order valence-corrected chi connectivity index (χ2v) is 5.38. The van der Waals surface area contributed by atoms with Crippen LogP contribution < -0.4 is 10.1 Å². The van der Waals surface area contributed by atoms with Gasteiger partial charge in [0.25, 0.3) is 0 Å². The Bertz CT molecular complexity index is 350. The van der Waals surface area contributed by atoms with E-state index in [2.05, 4.69) is 54.2 Å². The van der Waals surface area contributed by atoms with Crippen LogP contribution in [0.15, 0.2) is 22.7 Å². The van der Waals surface area contributed by atoms with E-state index in [0.717, 1.165) is 29.9 Å². The molecule has 0 aliphatic heterocycles. The van der Waals surface area contributed by atoms with E-state index in [1.54, 1.807) is 0 Å². The van der Waals surface area contributed by atoms with Crippen molar-refractivity contribution in [3.8, 4) is 5.75 Å². The molecule has 0 aromatic heterocycles. The molecule has 0 amide bonds. The number of halogens is 1. The van der Waals surface area contributed by atoms with Gasteiger partial charge in [0, 0.05) is 11.0 Å². The third-order valence-corrected chi connectivity index (χ3v) is 4.00. The Hall–Kier alpha value is -0.540. The van der Waals surface area contributed by atoms with Crippen LogP contribution in [0.5, 0.6) is 5.75 Å². The summed E-state index contributed by atoms with van der Waals surface area (Å²) in [4.78, 5) is 0. The van der Waals surface area contributed by atoms with Gasteiger partial charge in [0.1, 0.15) is 5.75 Å². The van der Waals surface area contributed by atoms with Crippen LogP contribution in [0.1, 0.15) is 39.2 Å². The highest BCUT2D eigenvalue weighted by molar-refractivity contribution is 9.10. The molecule has 18 heavy (non-hydrogen) atoms. The molecule has 1 N–H and O–H groups in total. The van der Waals surface area contributed by atoms with E-state index in [9.17, 15) is 0 Å². The van der Waals surface area contributed by atoms with Crippen LogP contribution in [0.2, 0.25) is 0 Å². The fraction of sp³-hybridized carbons (Fsp3) is 0.600. The van der Waals surface area contributed by atoms with Gasteiger partial charge in [0.15, 0.2) is 0 Å². The van der Waals surface area contributed by atoms with Gasteiger partial charge in [-0.15, -0.1) is 0 Å². The number of benzene rings is 1. The Kier molecular flexibility index (Phi) is 7.36. The highest BCUT2D eigenvalue weighted by atomic mass is 79.9. The lowest BCUT2D eigenvalue weighted by Crippen LogP contribution is -2.13. The van der Waals surface area contributed by atoms with Crippen molar-refractivity contribution in [2.24, 2.45) is 5.92 Å². The Balaban J connectivity index is 2.60. The highest BCUT2D eigenvalue weighted by Crippen LogP contribution is 2.23. The van der Waals surface area contributed by atoms with Crippen LogP contribution in [0.3, 0.4) is 0 Å². The van der Waals surface area contributed by atoms with E-state index < -0.39 is 0 Å². The molecule has 0 spiro atoms. The summed E-state index contributed by atoms with van der Waals surface area (Å²) in [6.07, 6.45) is 2.36. The number of hydrogen-bond acceptors (Lipinski definition) is 2. The fourth-order valence-corrected chi connectivity index (χ4v) is 2.16. The fourth-order valence-electron chi connectivity index (χ4n) is 1.77. The summed E-state index contributed by atoms with van der Waals surface area (Å²) in [5, 5.41) is 3.33. The van der Waals surface area contributed by atoms with E-state index in [-0.39, 0.29) is 0 Å². The molecule has 0 bridgehead atoms. The van der Waals surface area contributed by atoms with Crippen molar-refractivity contribution in [2.75, 3.05) is 13.2 Å². The van der Waals surface area contributed by atoms with Gasteiger partial charge in [-0.2, -0.15) is 0 Å². The van der Waals surface area contributed by atoms with Crippen LogP contribution in [0, 0.1) is 5.92 Å². The second kappa shape index (κ2) is 8.54. The van der Waals surface area contributed by atoms with Crippen molar-refractivity contribution in [3.63, 3.8) is 0 Å². The zero-order valence-electron chi connectivity index (χ0n) is 11.6. The molecule has 102 valence electrons. The quantitative estimate of drug-likeness (QED) is 0.769. The van der Waals surface area contributed by atoms with Crippen LogP contribution in [0.25, 0.3) is 0 Å². The molecule has 0 aliphatic carbocycles. The molecular weight excluding hydrogens is 290 g/mol. The molecule has 0 unspecified atom stereocenters. The van der Waals surface area contributed by atoms with Gasteiger partial charge in [0.2, 0.25) is 0 Å². The Morgan fingerprint density at radius 3 is 2.56 bits per heavy atom. The molecule has 2 nitrogen and oxygen atoms in total. The molecule has 1 rings (SSSR count). The van der Waals surface area contributed by atoms with Gasteiger partial charge >= 0.3 is 0 Å². The van der Waals surface area contributed by atoms with Crippen LogP contribution in [-0.4, -0.2) is 13.2 Å². The summed E-state index contributed by atoms with van der Waals surface area (Å²) in [5.74, 6) is 1.63. The van der Waals surface area contributed by atoms with Crippen molar-refractivity contribution in [1.82, 2.24) is 5.32 Å². The SMILES string of the molecule is CCNCc1cc(OCC(CC)CC)ccc1Br. The van der Waals surface area contributed by atoms with Gasteiger partial charge in [-0.25, -0.2) is 0 Å². The first-order chi connectivity index (χ1) is 8.71. The lowest BCUT2D eigenvalue weighted by Gasteiger charge is -2.15. The summed E-state index contributed by atoms with van der Waals surface area (Å²) in [6.45, 7) is 9.21. The van der Waals surface area contributed by atoms with Crippen molar-refractivity contribution >= 4 is 15.9 Å². The molecule has 0 saturated carbocycles. The minimum atomic E-state index is 0.658. The monoisotopic (exact) mass is 313 g/mol. The summed E-state index contributed by atoms with van der Waals surface area (Å²) in [7, 11) is 0. The maximum Gasteiger partial charge on any atom is 0.119 e. The van der Waals surface area contributed by atoms with Crippen molar-refractivity contribution in [1.29, 1.82) is 0 Å². The molecule has 1 aromatic carbocycles. The zero-order valence-corrected chi connectivity index (χ0v) is 13.2. The minimum Gasteiger partial charge on any atom is -0.493 e. The van der Waals surface area contributed by atoms with Gasteiger partial charge in [-0.05, 0) is 36.2 Å². The topological polar surface area (TPSA) is 21.3 Å². The van der Waals surface area contributed by atoms with Gasteiger partial charge in [-0.3, -0.25) is 0 Å². The number of ether oxygens (including phenoxy) is 1. The summed E-state index contributed by atoms with van der Waals surface area (Å²) < 4.78 is 7.01. The molecule has 0 fully saturated rings. The zero-order chi connectivity index (χ0) is 13.4. The Morgan fingerprint density at radius 1 is 1.22 bits per heavy atom. The van der Waals surface area contributed by atoms with Gasteiger partial charge in [-0.1, -0.05) is 49.5 Å². The molecule has 0 saturated heterocycles. The number of nitrogens with one attached hydrogen (secondary N) is 1. The van der Waals surface area contributed by atoms with Gasteiger partial charge < -0.3 is 10.1 Å². The predicted molar refractivity (Wildman–Crippen MR) is 81.1 cm³/mol. The smallest absolute Gasteiger partial charge is 0.119 e. The molecule has 0 atom stereocenters. The summed E-state index contributed by atoms with van der Waals surface area (Å²) in [6, 6.07) is 6.21. The average Bonchev–Trinajstić information content (AvgIpc) is 2.40. The molecule has 1 aromatic rings. The molecule has 0 heterocycles. The lowest BCUT2D eigenvalue weighted by molar-refractivity contribution is 0.240. The van der Waals surface area contributed by atoms with Crippen molar-refractivity contribution in [2.45, 2.75) is 40.2 Å². The summed E-state index contributed by atoms with van der Waals surface area (Å²) in [5.41, 5.74) is 1.25. The maximum atomic E-state index is 5.88. The average molecular weight is 314 g/mol. The minimum absolute atomic E-state index is 0.658. The van der Waals surface area contributed by atoms with E-state index >= 15 is 0 Å². The van der Waals surface area contributed by atoms with E-state index in [1.807, 2.05) is 6.07 Å². The third kappa shape index (κ3) is 4.99. The molecule has 0 radical (unpaired) electrons. The van der Waals surface area contributed by atoms with Crippen LogP contribution in [-0.2, 0) is 6.54 Å². The summed E-state index contributed by atoms with van der Waals surface area (Å²) >= 11 is 3.57. The Morgan fingerprint density at radius 2 is 1.94 bits per heavy atom. The first kappa shape index (κ1) is 15.5. The maximum absolute atomic E-state index is 5.88. The van der Waals surface area contributed by atoms with Crippen molar-refractivity contribution < 1.29 is 4.74 Å². The first-order valence-electron chi connectivity index (χ1n) is 6.83. The Labute approximate surface area is 119 Å². The number of hydrogen-bond donors (Lipinski definition) is 1. The highest BCUT2D eigenvalue weighted by Gasteiger charge is 2.06. The normalized spacial score (nSPS) is 10.9. The van der Waals surface area contributed by atoms with Crippen molar-refractivity contribution in [3.05, 3.63) is 28.2 Å². The largest absolute Gasteiger partial charge is 0.493 e. The first-order valence-corrected chi connectivity index (χ1v) is 7.62. The van der Waals surface area contributed by atoms with Crippen LogP contribution >= 0.6 is 15.9 Å².